The number of hydrogen-bond donors (Lipinski definition) is 0. The van der Waals surface area contributed by atoms with Crippen molar-refractivity contribution in [3.63, 3.8) is 0 Å². The van der Waals surface area contributed by atoms with Gasteiger partial charge in [0.1, 0.15) is 0 Å². The van der Waals surface area contributed by atoms with Crippen LogP contribution in [0.15, 0.2) is 30.3 Å². The van der Waals surface area contributed by atoms with E-state index in [4.69, 9.17) is 0 Å². The second-order valence-corrected chi connectivity index (χ2v) is 3.38. The monoisotopic (exact) mass is 451 g/mol. The molecule has 2 rings (SSSR count). The van der Waals surface area contributed by atoms with E-state index < -0.39 is 0 Å². The molecule has 3 heteroatoms. The molecule has 0 N–H and O–H groups in total. The summed E-state index contributed by atoms with van der Waals surface area (Å²) < 4.78 is 0. The molecule has 0 aliphatic heterocycles. The van der Waals surface area contributed by atoms with Gasteiger partial charge >= 0.3 is 0 Å². The summed E-state index contributed by atoms with van der Waals surface area (Å²) in [6, 6.07) is 16.3. The van der Waals surface area contributed by atoms with E-state index in [9.17, 15) is 0 Å². The van der Waals surface area contributed by atoms with Crippen LogP contribution in [0.3, 0.4) is 0 Å². The molecule has 3 radical (unpaired) electrons. The molecule has 2 aromatic rings. The summed E-state index contributed by atoms with van der Waals surface area (Å²) in [5.41, 5.74) is 1.18. The minimum Gasteiger partial charge on any atom is -0.185 e. The zero-order valence-electron chi connectivity index (χ0n) is 10.8. The molecule has 0 atom stereocenters. The van der Waals surface area contributed by atoms with E-state index in [0.717, 1.165) is 0 Å². The first-order valence-electron chi connectivity index (χ1n) is 5.06. The number of aryl methyl sites for hydroxylation is 1. The molecule has 0 fully saturated rings. The Morgan fingerprint density at radius 3 is 2.18 bits per heavy atom. The van der Waals surface area contributed by atoms with Crippen molar-refractivity contribution in [3.8, 4) is 0 Å². The summed E-state index contributed by atoms with van der Waals surface area (Å²) in [6.07, 6.45) is 1.25. The van der Waals surface area contributed by atoms with Crippen LogP contribution in [-0.4, -0.2) is 0 Å². The minimum absolute atomic E-state index is 0. The van der Waals surface area contributed by atoms with Crippen molar-refractivity contribution in [2.45, 2.75) is 27.2 Å². The Morgan fingerprint density at radius 2 is 1.59 bits per heavy atom. The standard InChI is InChI=1S/C11H8.C3H8.3Y/c1-9-6-7-10-4-2-3-5-11(10)8-9;1-3-2;;;/h3-5,7-8H,1H3;3H2,1-2H3;;;/q-2;;;;. The first-order valence-corrected chi connectivity index (χ1v) is 5.06. The summed E-state index contributed by atoms with van der Waals surface area (Å²) in [6.45, 7) is 6.30. The van der Waals surface area contributed by atoms with Crippen molar-refractivity contribution in [3.05, 3.63) is 48.0 Å². The Balaban J connectivity index is -0.000000300. The molecule has 0 spiro atoms. The Morgan fingerprint density at radius 1 is 1.00 bits per heavy atom. The minimum atomic E-state index is 0. The SMILES string of the molecule is CCC.Cc1[c-]cc2c[c-]ccc2c1.[Y].[Y].[Y]. The normalized spacial score (nSPS) is 7.71. The van der Waals surface area contributed by atoms with Crippen molar-refractivity contribution in [1.29, 1.82) is 0 Å². The third-order valence-corrected chi connectivity index (χ3v) is 1.76. The van der Waals surface area contributed by atoms with Gasteiger partial charge < -0.3 is 0 Å². The van der Waals surface area contributed by atoms with Crippen LogP contribution in [0.4, 0.5) is 0 Å². The molecule has 17 heavy (non-hydrogen) atoms. The molecule has 0 aliphatic rings. The van der Waals surface area contributed by atoms with Crippen LogP contribution in [0.5, 0.6) is 0 Å². The third-order valence-electron chi connectivity index (χ3n) is 1.76. The Bertz CT molecular complexity index is 399. The molecule has 0 aliphatic carbocycles. The van der Waals surface area contributed by atoms with Gasteiger partial charge in [-0.1, -0.05) is 27.2 Å². The maximum absolute atomic E-state index is 3.15. The van der Waals surface area contributed by atoms with Crippen molar-refractivity contribution >= 4 is 10.8 Å². The van der Waals surface area contributed by atoms with E-state index in [2.05, 4.69) is 45.0 Å². The maximum Gasteiger partial charge on any atom is 0 e. The van der Waals surface area contributed by atoms with E-state index >= 15 is 0 Å². The molecule has 0 unspecified atom stereocenters. The summed E-state index contributed by atoms with van der Waals surface area (Å²) in [4.78, 5) is 0. The molecule has 0 nitrogen and oxygen atoms in total. The van der Waals surface area contributed by atoms with E-state index in [1.165, 1.54) is 22.8 Å². The maximum atomic E-state index is 3.15. The molecular weight excluding hydrogens is 435 g/mol. The van der Waals surface area contributed by atoms with E-state index in [-0.39, 0.29) is 98.1 Å². The largest absolute Gasteiger partial charge is 0.185 e. The van der Waals surface area contributed by atoms with E-state index in [1.807, 2.05) is 18.2 Å². The average Bonchev–Trinajstić information content (AvgIpc) is 2.19. The number of benzene rings is 2. The molecule has 0 aromatic heterocycles. The fraction of sp³-hybridized carbons (Fsp3) is 0.286. The van der Waals surface area contributed by atoms with Crippen LogP contribution in [0.25, 0.3) is 10.8 Å². The van der Waals surface area contributed by atoms with Crippen LogP contribution in [0.2, 0.25) is 0 Å². The molecule has 0 amide bonds. The molecule has 83 valence electrons. The van der Waals surface area contributed by atoms with Gasteiger partial charge in [0.05, 0.1) is 0 Å². The van der Waals surface area contributed by atoms with Crippen molar-refractivity contribution in [2.75, 3.05) is 0 Å². The van der Waals surface area contributed by atoms with Gasteiger partial charge in [0, 0.05) is 98.1 Å². The van der Waals surface area contributed by atoms with Crippen LogP contribution < -0.4 is 0 Å². The molecule has 2 aromatic carbocycles. The molecule has 0 bridgehead atoms. The Kier molecular flexibility index (Phi) is 20.4. The number of fused-ring (bicyclic) bond motifs is 1. The summed E-state index contributed by atoms with van der Waals surface area (Å²) in [5, 5.41) is 2.47. The Labute approximate surface area is 181 Å². The fourth-order valence-electron chi connectivity index (χ4n) is 1.18. The third kappa shape index (κ3) is 9.53. The predicted molar refractivity (Wildman–Crippen MR) is 62.3 cm³/mol. The number of hydrogen-bond acceptors (Lipinski definition) is 0. The van der Waals surface area contributed by atoms with Crippen LogP contribution in [-0.2, 0) is 98.1 Å². The van der Waals surface area contributed by atoms with Gasteiger partial charge in [-0.25, -0.2) is 0 Å². The van der Waals surface area contributed by atoms with Gasteiger partial charge in [-0.3, -0.25) is 0 Å². The van der Waals surface area contributed by atoms with Gasteiger partial charge in [0.15, 0.2) is 0 Å². The van der Waals surface area contributed by atoms with Gasteiger partial charge in [0.25, 0.3) is 0 Å². The van der Waals surface area contributed by atoms with Crippen molar-refractivity contribution < 1.29 is 98.1 Å². The zero-order valence-corrected chi connectivity index (χ0v) is 19.3. The topological polar surface area (TPSA) is 0 Å². The summed E-state index contributed by atoms with van der Waals surface area (Å²) in [7, 11) is 0. The van der Waals surface area contributed by atoms with Crippen LogP contribution in [0.1, 0.15) is 25.8 Å². The van der Waals surface area contributed by atoms with Gasteiger partial charge in [-0.15, -0.1) is 0 Å². The fourth-order valence-corrected chi connectivity index (χ4v) is 1.18. The summed E-state index contributed by atoms with van der Waals surface area (Å²) in [5.74, 6) is 0. The van der Waals surface area contributed by atoms with Crippen LogP contribution in [0, 0.1) is 19.1 Å². The van der Waals surface area contributed by atoms with Crippen LogP contribution >= 0.6 is 0 Å². The molecular formula is C14H16Y3-2. The first-order chi connectivity index (χ1) is 6.77. The quantitative estimate of drug-likeness (QED) is 0.529. The molecule has 0 saturated carbocycles. The zero-order chi connectivity index (χ0) is 10.4. The van der Waals surface area contributed by atoms with E-state index in [0.29, 0.717) is 0 Å². The van der Waals surface area contributed by atoms with Gasteiger partial charge in [-0.05, 0) is 0 Å². The van der Waals surface area contributed by atoms with Gasteiger partial charge in [0.2, 0.25) is 0 Å². The summed E-state index contributed by atoms with van der Waals surface area (Å²) >= 11 is 0. The molecule has 0 saturated heterocycles. The van der Waals surface area contributed by atoms with E-state index in [1.54, 1.807) is 0 Å². The second-order valence-electron chi connectivity index (χ2n) is 3.38. The Hall–Kier alpha value is 2.01. The first kappa shape index (κ1) is 24.1. The van der Waals surface area contributed by atoms with Crippen molar-refractivity contribution in [2.24, 2.45) is 0 Å². The molecule has 0 heterocycles. The smallest absolute Gasteiger partial charge is 0 e. The van der Waals surface area contributed by atoms with Gasteiger partial charge in [-0.2, -0.15) is 58.8 Å². The average molecular weight is 451 g/mol. The van der Waals surface area contributed by atoms with Crippen molar-refractivity contribution in [1.82, 2.24) is 0 Å². The second kappa shape index (κ2) is 14.4. The number of rotatable bonds is 0. The predicted octanol–water partition coefficient (Wildman–Crippen LogP) is 4.16.